The van der Waals surface area contributed by atoms with Crippen LogP contribution in [0.5, 0.6) is 0 Å². The summed E-state index contributed by atoms with van der Waals surface area (Å²) in [4.78, 5) is 65.0. The van der Waals surface area contributed by atoms with Crippen LogP contribution in [0.3, 0.4) is 0 Å². The van der Waals surface area contributed by atoms with Gasteiger partial charge in [-0.3, -0.25) is 34.1 Å². The predicted molar refractivity (Wildman–Crippen MR) is 212 cm³/mol. The predicted octanol–water partition coefficient (Wildman–Crippen LogP) is 4.01. The Kier molecular flexibility index (Phi) is 17.5. The van der Waals surface area contributed by atoms with Crippen LogP contribution < -0.4 is 26.7 Å². The van der Waals surface area contributed by atoms with E-state index >= 15 is 0 Å². The molecule has 6 N–H and O–H groups in total. The average molecular weight is 843 g/mol. The van der Waals surface area contributed by atoms with Crippen molar-refractivity contribution in [3.05, 3.63) is 65.2 Å². The molecule has 1 atom stereocenters. The molecule has 5 amide bonds. The molecule has 0 aromatic heterocycles. The first-order valence-electron chi connectivity index (χ1n) is 19.8. The van der Waals surface area contributed by atoms with Gasteiger partial charge in [0.25, 0.3) is 0 Å². The molecular weight excluding hydrogens is 789 g/mol. The zero-order chi connectivity index (χ0) is 43.8. The Bertz CT molecular complexity index is 1840. The number of amides is 5. The molecule has 16 nitrogen and oxygen atoms in total. The number of nitrogens with zero attached hydrogens (tertiary/aromatic N) is 3. The van der Waals surface area contributed by atoms with Crippen LogP contribution >= 0.6 is 0 Å². The van der Waals surface area contributed by atoms with Crippen molar-refractivity contribution in [2.75, 3.05) is 52.3 Å². The van der Waals surface area contributed by atoms with Crippen molar-refractivity contribution in [1.82, 2.24) is 26.3 Å². The third-order valence-electron chi connectivity index (χ3n) is 10.2. The molecular formula is C41H53F3N8O8. The molecule has 2 heterocycles. The topological polar surface area (TPSA) is 212 Å². The third kappa shape index (κ3) is 13.0. The van der Waals surface area contributed by atoms with E-state index in [1.807, 2.05) is 29.2 Å². The van der Waals surface area contributed by atoms with Crippen molar-refractivity contribution >= 4 is 35.2 Å². The lowest BCUT2D eigenvalue weighted by atomic mass is 9.86. The lowest BCUT2D eigenvalue weighted by Crippen LogP contribution is -2.59. The minimum absolute atomic E-state index is 0.102. The lowest BCUT2D eigenvalue weighted by molar-refractivity contribution is -0.229. The van der Waals surface area contributed by atoms with E-state index < -0.39 is 47.3 Å². The minimum atomic E-state index is -4.68. The lowest BCUT2D eigenvalue weighted by Gasteiger charge is -2.37. The van der Waals surface area contributed by atoms with Gasteiger partial charge in [0.05, 0.1) is 25.8 Å². The van der Waals surface area contributed by atoms with Gasteiger partial charge in [-0.25, -0.2) is 5.48 Å². The highest BCUT2D eigenvalue weighted by Gasteiger charge is 2.65. The van der Waals surface area contributed by atoms with Gasteiger partial charge in [-0.2, -0.15) is 13.2 Å². The SMILES string of the molecule is C#CCNC(=O)C1(C(=O)NCCCC[C@@H](C(=O)NCCc2ccc(NC(=O)CCCCCCC(=O)NO)cc2)N(C)C)COC(c2ccc(C3(C(F)(F)F)N=N3)cc2)OC1. The maximum Gasteiger partial charge on any atom is 0.442 e. The van der Waals surface area contributed by atoms with E-state index in [1.165, 1.54) is 24.3 Å². The highest BCUT2D eigenvalue weighted by Crippen LogP contribution is 2.52. The Morgan fingerprint density at radius 3 is 2.03 bits per heavy atom. The summed E-state index contributed by atoms with van der Waals surface area (Å²) in [5.41, 5.74) is -0.905. The molecule has 0 bridgehead atoms. The number of rotatable bonds is 23. The Hall–Kier alpha value is -5.42. The first-order chi connectivity index (χ1) is 28.7. The summed E-state index contributed by atoms with van der Waals surface area (Å²) in [5, 5.41) is 26.1. The van der Waals surface area contributed by atoms with Crippen LogP contribution in [-0.4, -0.2) is 98.8 Å². The second kappa shape index (κ2) is 22.3. The number of hydroxylamine groups is 1. The number of hydrogen-bond donors (Lipinski definition) is 6. The number of ether oxygens (including phenoxy) is 2. The molecule has 60 heavy (non-hydrogen) atoms. The molecule has 0 unspecified atom stereocenters. The molecule has 0 saturated carbocycles. The maximum absolute atomic E-state index is 13.5. The monoisotopic (exact) mass is 842 g/mol. The summed E-state index contributed by atoms with van der Waals surface area (Å²) >= 11 is 0. The van der Waals surface area contributed by atoms with Gasteiger partial charge in [0, 0.05) is 42.7 Å². The zero-order valence-corrected chi connectivity index (χ0v) is 33.7. The van der Waals surface area contributed by atoms with E-state index in [2.05, 4.69) is 37.4 Å². The van der Waals surface area contributed by atoms with E-state index in [1.54, 1.807) is 19.6 Å². The average Bonchev–Trinajstić information content (AvgIpc) is 4.06. The molecule has 326 valence electrons. The quantitative estimate of drug-likeness (QED) is 0.0313. The van der Waals surface area contributed by atoms with Crippen LogP contribution in [0.2, 0.25) is 0 Å². The van der Waals surface area contributed by atoms with Gasteiger partial charge in [-0.05, 0) is 70.3 Å². The van der Waals surface area contributed by atoms with Gasteiger partial charge in [0.2, 0.25) is 29.5 Å². The number of hydrogen-bond acceptors (Lipinski definition) is 11. The first-order valence-corrected chi connectivity index (χ1v) is 19.8. The van der Waals surface area contributed by atoms with Gasteiger partial charge < -0.3 is 30.7 Å². The van der Waals surface area contributed by atoms with Crippen molar-refractivity contribution in [2.45, 2.75) is 88.4 Å². The Labute approximate surface area is 346 Å². The third-order valence-corrected chi connectivity index (χ3v) is 10.2. The fourth-order valence-corrected chi connectivity index (χ4v) is 6.56. The van der Waals surface area contributed by atoms with E-state index in [0.29, 0.717) is 62.7 Å². The molecule has 19 heteroatoms. The largest absolute Gasteiger partial charge is 0.442 e. The summed E-state index contributed by atoms with van der Waals surface area (Å²) in [5.74, 6) is 0.270. The van der Waals surface area contributed by atoms with E-state index in [4.69, 9.17) is 21.1 Å². The second-order valence-electron chi connectivity index (χ2n) is 14.9. The Morgan fingerprint density at radius 1 is 0.850 bits per heavy atom. The number of halogens is 3. The van der Waals surface area contributed by atoms with Crippen LogP contribution in [0.4, 0.5) is 18.9 Å². The number of carbonyl (C=O) groups excluding carboxylic acids is 5. The smallest absolute Gasteiger partial charge is 0.355 e. The van der Waals surface area contributed by atoms with Gasteiger partial charge in [0.1, 0.15) is 0 Å². The fraction of sp³-hybridized carbons (Fsp3) is 0.537. The molecule has 0 radical (unpaired) electrons. The van der Waals surface area contributed by atoms with Crippen molar-refractivity contribution in [3.63, 3.8) is 0 Å². The minimum Gasteiger partial charge on any atom is -0.355 e. The van der Waals surface area contributed by atoms with E-state index in [9.17, 15) is 37.1 Å². The highest BCUT2D eigenvalue weighted by molar-refractivity contribution is 6.05. The van der Waals surface area contributed by atoms with Crippen molar-refractivity contribution in [2.24, 2.45) is 15.6 Å². The number of unbranched alkanes of at least 4 members (excludes halogenated alkanes) is 4. The Morgan fingerprint density at radius 2 is 1.47 bits per heavy atom. The summed E-state index contributed by atoms with van der Waals surface area (Å²) in [7, 11) is 3.61. The zero-order valence-electron chi connectivity index (χ0n) is 33.7. The number of nitrogens with one attached hydrogen (secondary N) is 5. The molecule has 2 aromatic rings. The van der Waals surface area contributed by atoms with Crippen molar-refractivity contribution < 1.29 is 51.8 Å². The molecule has 1 saturated heterocycles. The van der Waals surface area contributed by atoms with E-state index in [0.717, 1.165) is 18.4 Å². The first kappa shape index (κ1) is 47.3. The number of alkyl halides is 3. The molecule has 2 aliphatic rings. The number of carbonyl (C=O) groups is 5. The van der Waals surface area contributed by atoms with Crippen LogP contribution in [0.25, 0.3) is 0 Å². The molecule has 0 spiro atoms. The number of likely N-dealkylation sites (N-methyl/N-ethyl adjacent to an activating group) is 1. The van der Waals surface area contributed by atoms with Gasteiger partial charge >= 0.3 is 11.8 Å². The fourth-order valence-electron chi connectivity index (χ4n) is 6.56. The number of anilines is 1. The number of benzene rings is 2. The van der Waals surface area contributed by atoms with E-state index in [-0.39, 0.29) is 50.1 Å². The van der Waals surface area contributed by atoms with Crippen molar-refractivity contribution in [1.29, 1.82) is 0 Å². The standard InChI is InChI=1S/C41H53F3N8O8/c1-4-23-46-37(56)39(26-59-36(60-27-39)29-16-18-30(19-17-29)40(50-51-40)41(42,43)44)38(57)47-24-10-9-11-32(52(2)3)35(55)45-25-22-28-14-20-31(21-15-28)48-33(53)12-7-5-6-8-13-34(54)49-58/h1,14-21,32,36,58H,5-13,22-27H2,2-3H3,(H,45,55)(H,46,56)(H,47,57)(H,48,53)(H,49,54)/t32-,36?,39?/m0/s1. The summed E-state index contributed by atoms with van der Waals surface area (Å²) in [6, 6.07) is 12.2. The molecule has 1 fully saturated rings. The van der Waals surface area contributed by atoms with Gasteiger partial charge in [0.15, 0.2) is 11.7 Å². The van der Waals surface area contributed by atoms with Crippen LogP contribution in [0.15, 0.2) is 58.8 Å². The highest BCUT2D eigenvalue weighted by atomic mass is 19.4. The summed E-state index contributed by atoms with van der Waals surface area (Å²) < 4.78 is 51.8. The molecule has 2 aliphatic heterocycles. The summed E-state index contributed by atoms with van der Waals surface area (Å²) in [6.45, 7) is -0.327. The summed E-state index contributed by atoms with van der Waals surface area (Å²) in [6.07, 6.45) is 5.25. The Balaban J connectivity index is 1.17. The van der Waals surface area contributed by atoms with Crippen LogP contribution in [0.1, 0.15) is 80.8 Å². The number of terminal acetylenes is 1. The van der Waals surface area contributed by atoms with Gasteiger partial charge in [-0.1, -0.05) is 55.2 Å². The van der Waals surface area contributed by atoms with Crippen LogP contribution in [-0.2, 0) is 45.5 Å². The molecule has 4 rings (SSSR count). The normalized spacial score (nSPS) is 18.5. The van der Waals surface area contributed by atoms with Crippen molar-refractivity contribution in [3.8, 4) is 12.3 Å². The second-order valence-corrected chi connectivity index (χ2v) is 14.9. The molecule has 2 aromatic carbocycles. The van der Waals surface area contributed by atoms with Gasteiger partial charge in [-0.15, -0.1) is 16.7 Å². The maximum atomic E-state index is 13.5. The molecule has 0 aliphatic carbocycles. The van der Waals surface area contributed by atoms with Crippen LogP contribution in [0, 0.1) is 17.8 Å².